The van der Waals surface area contributed by atoms with E-state index in [1.54, 1.807) is 35.5 Å². The van der Waals surface area contributed by atoms with Crippen LogP contribution >= 0.6 is 0 Å². The molecule has 25 heavy (non-hydrogen) atoms. The topological polar surface area (TPSA) is 78.4 Å². The fraction of sp³-hybridized carbons (Fsp3) is 0.333. The minimum atomic E-state index is -0.232. The summed E-state index contributed by atoms with van der Waals surface area (Å²) >= 11 is 0. The summed E-state index contributed by atoms with van der Waals surface area (Å²) in [6.45, 7) is 4.53. The number of piperazine rings is 1. The molecule has 0 bridgehead atoms. The van der Waals surface area contributed by atoms with Gasteiger partial charge in [-0.15, -0.1) is 0 Å². The predicted molar refractivity (Wildman–Crippen MR) is 94.3 cm³/mol. The molecule has 0 spiro atoms. The number of aromatic nitrogens is 2. The third kappa shape index (κ3) is 4.32. The molecule has 1 N–H and O–H groups in total. The second-order valence-electron chi connectivity index (χ2n) is 5.97. The van der Waals surface area contributed by atoms with E-state index in [0.717, 1.165) is 5.56 Å². The minimum absolute atomic E-state index is 0.00848. The van der Waals surface area contributed by atoms with E-state index in [2.05, 4.69) is 20.2 Å². The fourth-order valence-corrected chi connectivity index (χ4v) is 2.69. The number of nitrogens with zero attached hydrogens (tertiary/aromatic N) is 4. The van der Waals surface area contributed by atoms with Crippen LogP contribution in [0.4, 0.5) is 5.95 Å². The van der Waals surface area contributed by atoms with Gasteiger partial charge in [0.2, 0.25) is 11.9 Å². The molecule has 0 atom stereocenters. The third-order valence-electron chi connectivity index (χ3n) is 4.18. The van der Waals surface area contributed by atoms with E-state index in [1.807, 2.05) is 19.1 Å². The summed E-state index contributed by atoms with van der Waals surface area (Å²) in [7, 11) is 0. The number of amides is 2. The van der Waals surface area contributed by atoms with Gasteiger partial charge < -0.3 is 15.1 Å². The highest BCUT2D eigenvalue weighted by molar-refractivity contribution is 5.96. The monoisotopic (exact) mass is 339 g/mol. The lowest BCUT2D eigenvalue weighted by Crippen LogP contribution is -2.51. The van der Waals surface area contributed by atoms with Gasteiger partial charge in [-0.05, 0) is 25.1 Å². The van der Waals surface area contributed by atoms with Crippen molar-refractivity contribution in [3.05, 3.63) is 53.9 Å². The standard InChI is InChI=1S/C18H21N5O2/c1-14-3-5-15(6-4-14)17(25)21-13-16(24)22-9-11-23(12-10-22)18-19-7-2-8-20-18/h2-8H,9-13H2,1H3,(H,21,25). The second-order valence-corrected chi connectivity index (χ2v) is 5.97. The maximum absolute atomic E-state index is 12.3. The first-order valence-electron chi connectivity index (χ1n) is 8.28. The van der Waals surface area contributed by atoms with Crippen LogP contribution in [0.25, 0.3) is 0 Å². The van der Waals surface area contributed by atoms with Crippen LogP contribution in [0.3, 0.4) is 0 Å². The number of anilines is 1. The lowest BCUT2D eigenvalue weighted by Gasteiger charge is -2.34. The van der Waals surface area contributed by atoms with Crippen LogP contribution in [0.15, 0.2) is 42.7 Å². The molecule has 0 saturated carbocycles. The highest BCUT2D eigenvalue weighted by Gasteiger charge is 2.22. The molecule has 7 nitrogen and oxygen atoms in total. The first kappa shape index (κ1) is 16.9. The average Bonchev–Trinajstić information content (AvgIpc) is 2.67. The lowest BCUT2D eigenvalue weighted by atomic mass is 10.1. The molecule has 1 saturated heterocycles. The number of carbonyl (C=O) groups excluding carboxylic acids is 2. The predicted octanol–water partition coefficient (Wildman–Crippen LogP) is 0.864. The summed E-state index contributed by atoms with van der Waals surface area (Å²) in [6, 6.07) is 9.05. The van der Waals surface area contributed by atoms with Crippen LogP contribution < -0.4 is 10.2 Å². The molecule has 1 aliphatic heterocycles. The number of aryl methyl sites for hydroxylation is 1. The zero-order chi connectivity index (χ0) is 17.6. The lowest BCUT2D eigenvalue weighted by molar-refractivity contribution is -0.130. The summed E-state index contributed by atoms with van der Waals surface area (Å²) in [4.78, 5) is 36.6. The molecule has 1 aromatic carbocycles. The minimum Gasteiger partial charge on any atom is -0.343 e. The molecule has 1 fully saturated rings. The molecular weight excluding hydrogens is 318 g/mol. The van der Waals surface area contributed by atoms with E-state index >= 15 is 0 Å². The zero-order valence-electron chi connectivity index (χ0n) is 14.2. The van der Waals surface area contributed by atoms with Crippen molar-refractivity contribution in [1.82, 2.24) is 20.2 Å². The van der Waals surface area contributed by atoms with Crippen molar-refractivity contribution in [3.8, 4) is 0 Å². The van der Waals surface area contributed by atoms with Crippen LogP contribution in [-0.2, 0) is 4.79 Å². The van der Waals surface area contributed by atoms with E-state index < -0.39 is 0 Å². The Balaban J connectivity index is 1.46. The third-order valence-corrected chi connectivity index (χ3v) is 4.18. The van der Waals surface area contributed by atoms with E-state index in [1.165, 1.54) is 0 Å². The normalized spacial score (nSPS) is 14.3. The van der Waals surface area contributed by atoms with Crippen LogP contribution in [0, 0.1) is 6.92 Å². The van der Waals surface area contributed by atoms with Gasteiger partial charge in [0.15, 0.2) is 0 Å². The van der Waals surface area contributed by atoms with Gasteiger partial charge in [-0.1, -0.05) is 17.7 Å². The van der Waals surface area contributed by atoms with Crippen LogP contribution in [0.1, 0.15) is 15.9 Å². The molecule has 1 aromatic heterocycles. The fourth-order valence-electron chi connectivity index (χ4n) is 2.69. The van der Waals surface area contributed by atoms with Gasteiger partial charge >= 0.3 is 0 Å². The Kier molecular flexibility index (Phi) is 5.23. The van der Waals surface area contributed by atoms with Crippen molar-refractivity contribution >= 4 is 17.8 Å². The maximum atomic E-state index is 12.3. The molecular formula is C18H21N5O2. The van der Waals surface area contributed by atoms with E-state index in [0.29, 0.717) is 37.7 Å². The molecule has 130 valence electrons. The van der Waals surface area contributed by atoms with Gasteiger partial charge in [0, 0.05) is 44.1 Å². The van der Waals surface area contributed by atoms with Crippen molar-refractivity contribution in [2.45, 2.75) is 6.92 Å². The van der Waals surface area contributed by atoms with Gasteiger partial charge in [-0.3, -0.25) is 9.59 Å². The molecule has 1 aliphatic rings. The summed E-state index contributed by atoms with van der Waals surface area (Å²) in [5, 5.41) is 2.69. The number of carbonyl (C=O) groups is 2. The van der Waals surface area contributed by atoms with Crippen molar-refractivity contribution in [1.29, 1.82) is 0 Å². The number of hydrogen-bond donors (Lipinski definition) is 1. The SMILES string of the molecule is Cc1ccc(C(=O)NCC(=O)N2CCN(c3ncccn3)CC2)cc1. The Bertz CT molecular complexity index is 725. The number of hydrogen-bond acceptors (Lipinski definition) is 5. The largest absolute Gasteiger partial charge is 0.343 e. The summed E-state index contributed by atoms with van der Waals surface area (Å²) in [5.41, 5.74) is 1.65. The van der Waals surface area contributed by atoms with Crippen molar-refractivity contribution in [3.63, 3.8) is 0 Å². The zero-order valence-corrected chi connectivity index (χ0v) is 14.2. The van der Waals surface area contributed by atoms with Crippen molar-refractivity contribution in [2.24, 2.45) is 0 Å². The number of rotatable bonds is 4. The Morgan fingerprint density at radius 1 is 1.04 bits per heavy atom. The van der Waals surface area contributed by atoms with E-state index in [-0.39, 0.29) is 18.4 Å². The summed E-state index contributed by atoms with van der Waals surface area (Å²) in [5.74, 6) is 0.376. The molecule has 0 unspecified atom stereocenters. The van der Waals surface area contributed by atoms with Crippen molar-refractivity contribution in [2.75, 3.05) is 37.6 Å². The Labute approximate surface area is 146 Å². The Morgan fingerprint density at radius 2 is 1.68 bits per heavy atom. The van der Waals surface area contributed by atoms with Crippen molar-refractivity contribution < 1.29 is 9.59 Å². The highest BCUT2D eigenvalue weighted by atomic mass is 16.2. The van der Waals surface area contributed by atoms with Gasteiger partial charge in [0.25, 0.3) is 5.91 Å². The average molecular weight is 339 g/mol. The molecule has 3 rings (SSSR count). The van der Waals surface area contributed by atoms with Gasteiger partial charge in [0.05, 0.1) is 6.54 Å². The second kappa shape index (κ2) is 7.74. The number of benzene rings is 1. The van der Waals surface area contributed by atoms with E-state index in [4.69, 9.17) is 0 Å². The van der Waals surface area contributed by atoms with Crippen LogP contribution in [0.5, 0.6) is 0 Å². The smallest absolute Gasteiger partial charge is 0.251 e. The first-order valence-corrected chi connectivity index (χ1v) is 8.28. The van der Waals surface area contributed by atoms with E-state index in [9.17, 15) is 9.59 Å². The Morgan fingerprint density at radius 3 is 2.32 bits per heavy atom. The molecule has 0 radical (unpaired) electrons. The molecule has 2 amide bonds. The van der Waals surface area contributed by atoms with Gasteiger partial charge in [0.1, 0.15) is 0 Å². The number of nitrogens with one attached hydrogen (secondary N) is 1. The Hall–Kier alpha value is -2.96. The summed E-state index contributed by atoms with van der Waals surface area (Å²) in [6.07, 6.45) is 3.42. The van der Waals surface area contributed by atoms with Crippen LogP contribution in [-0.4, -0.2) is 59.4 Å². The maximum Gasteiger partial charge on any atom is 0.251 e. The molecule has 2 aromatic rings. The highest BCUT2D eigenvalue weighted by Crippen LogP contribution is 2.09. The quantitative estimate of drug-likeness (QED) is 0.894. The van der Waals surface area contributed by atoms with Gasteiger partial charge in [-0.2, -0.15) is 0 Å². The van der Waals surface area contributed by atoms with Gasteiger partial charge in [-0.25, -0.2) is 9.97 Å². The molecule has 0 aliphatic carbocycles. The van der Waals surface area contributed by atoms with Crippen LogP contribution in [0.2, 0.25) is 0 Å². The first-order chi connectivity index (χ1) is 12.1. The molecule has 7 heteroatoms. The summed E-state index contributed by atoms with van der Waals surface area (Å²) < 4.78 is 0. The molecule has 2 heterocycles.